The molecule has 8 heteroatoms. The van der Waals surface area contributed by atoms with Crippen molar-refractivity contribution in [1.82, 2.24) is 15.3 Å². The van der Waals surface area contributed by atoms with E-state index >= 15 is 0 Å². The molecular weight excluding hydrogens is 430 g/mol. The first kappa shape index (κ1) is 23.5. The first-order valence-electron chi connectivity index (χ1n) is 12.1. The predicted molar refractivity (Wildman–Crippen MR) is 143 cm³/mol. The van der Waals surface area contributed by atoms with Crippen molar-refractivity contribution in [3.63, 3.8) is 0 Å². The summed E-state index contributed by atoms with van der Waals surface area (Å²) in [5.41, 5.74) is 4.75. The van der Waals surface area contributed by atoms with E-state index in [1.165, 1.54) is 29.8 Å². The van der Waals surface area contributed by atoms with Crippen molar-refractivity contribution in [2.75, 3.05) is 48.6 Å². The normalized spacial score (nSPS) is 19.9. The molecule has 0 aliphatic heterocycles. The molecule has 0 unspecified atom stereocenters. The highest BCUT2D eigenvalue weighted by molar-refractivity contribution is 7.80. The lowest BCUT2D eigenvalue weighted by Gasteiger charge is -2.31. The van der Waals surface area contributed by atoms with Gasteiger partial charge in [0.1, 0.15) is 5.82 Å². The van der Waals surface area contributed by atoms with Crippen LogP contribution in [0.2, 0.25) is 0 Å². The van der Waals surface area contributed by atoms with Gasteiger partial charge >= 0.3 is 0 Å². The highest BCUT2D eigenvalue weighted by atomic mass is 32.1. The lowest BCUT2D eigenvalue weighted by atomic mass is 9.91. The zero-order valence-corrected chi connectivity index (χ0v) is 21.1. The fourth-order valence-electron chi connectivity index (χ4n) is 4.77. The van der Waals surface area contributed by atoms with Crippen LogP contribution >= 0.6 is 12.2 Å². The van der Waals surface area contributed by atoms with Crippen LogP contribution < -0.4 is 25.8 Å². The second kappa shape index (κ2) is 10.5. The molecule has 0 bridgehead atoms. The molecular formula is C25H37N7S. The minimum Gasteiger partial charge on any atom is -0.378 e. The fourth-order valence-corrected chi connectivity index (χ4v) is 5.05. The molecule has 0 radical (unpaired) electrons. The lowest BCUT2D eigenvalue weighted by molar-refractivity contribution is 0.387. The maximum Gasteiger partial charge on any atom is 0.225 e. The third-order valence-corrected chi connectivity index (χ3v) is 6.84. The van der Waals surface area contributed by atoms with E-state index in [1.807, 2.05) is 14.1 Å². The van der Waals surface area contributed by atoms with Crippen LogP contribution in [0.1, 0.15) is 49.8 Å². The van der Waals surface area contributed by atoms with E-state index in [1.54, 1.807) is 0 Å². The Kier molecular flexibility index (Phi) is 7.53. The van der Waals surface area contributed by atoms with Gasteiger partial charge in [-0.25, -0.2) is 4.98 Å². The van der Waals surface area contributed by atoms with Gasteiger partial charge in [0.15, 0.2) is 5.11 Å². The van der Waals surface area contributed by atoms with Gasteiger partial charge in [-0.2, -0.15) is 4.98 Å². The lowest BCUT2D eigenvalue weighted by Crippen LogP contribution is -2.42. The monoisotopic (exact) mass is 467 g/mol. The molecule has 1 aromatic carbocycles. The number of aryl methyl sites for hydroxylation is 1. The Balaban J connectivity index is 1.28. The van der Waals surface area contributed by atoms with Gasteiger partial charge in [0.25, 0.3) is 0 Å². The van der Waals surface area contributed by atoms with Crippen LogP contribution in [0.4, 0.5) is 23.1 Å². The fraction of sp³-hybridized carbons (Fsp3) is 0.560. The molecule has 0 atom stereocenters. The van der Waals surface area contributed by atoms with E-state index in [2.05, 4.69) is 64.1 Å². The van der Waals surface area contributed by atoms with Gasteiger partial charge in [0.05, 0.1) is 5.69 Å². The van der Waals surface area contributed by atoms with Crippen LogP contribution in [-0.2, 0) is 12.8 Å². The third kappa shape index (κ3) is 6.05. The Hall–Kier alpha value is -2.61. The van der Waals surface area contributed by atoms with Crippen molar-refractivity contribution < 1.29 is 0 Å². The number of thiocarbonyl (C=S) groups is 1. The van der Waals surface area contributed by atoms with Crippen LogP contribution in [0.25, 0.3) is 0 Å². The molecule has 1 heterocycles. The molecule has 2 aromatic rings. The van der Waals surface area contributed by atoms with E-state index in [9.17, 15) is 0 Å². The second-order valence-corrected chi connectivity index (χ2v) is 10.0. The van der Waals surface area contributed by atoms with Gasteiger partial charge in [-0.1, -0.05) is 0 Å². The molecule has 0 amide bonds. The summed E-state index contributed by atoms with van der Waals surface area (Å²) in [6, 6.07) is 9.10. The van der Waals surface area contributed by atoms with Crippen LogP contribution in [0.15, 0.2) is 24.3 Å². The minimum atomic E-state index is 0.394. The molecule has 1 aromatic heterocycles. The smallest absolute Gasteiger partial charge is 0.225 e. The van der Waals surface area contributed by atoms with Crippen LogP contribution in [0, 0.1) is 0 Å². The Labute approximate surface area is 203 Å². The molecule has 3 N–H and O–H groups in total. The van der Waals surface area contributed by atoms with Gasteiger partial charge < -0.3 is 25.8 Å². The SMILES string of the molecule is CN(C)c1ccc(NC(=S)N[C@H]2CC[C@@H](Nc3nc4c(c(N(C)C)n3)CCCC4)CC2)cc1. The highest BCUT2D eigenvalue weighted by Crippen LogP contribution is 2.29. The van der Waals surface area contributed by atoms with Crippen molar-refractivity contribution in [2.24, 2.45) is 0 Å². The van der Waals surface area contributed by atoms with E-state index in [0.717, 1.165) is 56.0 Å². The largest absolute Gasteiger partial charge is 0.378 e. The quantitative estimate of drug-likeness (QED) is 0.546. The zero-order valence-electron chi connectivity index (χ0n) is 20.3. The molecule has 2 aliphatic carbocycles. The van der Waals surface area contributed by atoms with Crippen molar-refractivity contribution in [1.29, 1.82) is 0 Å². The van der Waals surface area contributed by atoms with Crippen LogP contribution in [0.3, 0.4) is 0 Å². The number of anilines is 4. The molecule has 1 saturated carbocycles. The van der Waals surface area contributed by atoms with Gasteiger partial charge in [-0.3, -0.25) is 0 Å². The zero-order chi connectivity index (χ0) is 23.4. The average Bonchev–Trinajstić information content (AvgIpc) is 2.80. The van der Waals surface area contributed by atoms with Gasteiger partial charge in [0.2, 0.25) is 5.95 Å². The summed E-state index contributed by atoms with van der Waals surface area (Å²) in [6.45, 7) is 0. The summed E-state index contributed by atoms with van der Waals surface area (Å²) in [7, 11) is 8.23. The van der Waals surface area contributed by atoms with Gasteiger partial charge in [-0.15, -0.1) is 0 Å². The van der Waals surface area contributed by atoms with E-state index in [4.69, 9.17) is 22.2 Å². The number of nitrogens with zero attached hydrogens (tertiary/aromatic N) is 4. The summed E-state index contributed by atoms with van der Waals surface area (Å²) in [5, 5.41) is 11.1. The Morgan fingerprint density at radius 2 is 1.55 bits per heavy atom. The van der Waals surface area contributed by atoms with Crippen molar-refractivity contribution in [3.8, 4) is 0 Å². The van der Waals surface area contributed by atoms with E-state index < -0.39 is 0 Å². The van der Waals surface area contributed by atoms with Gasteiger partial charge in [-0.05, 0) is 87.8 Å². The molecule has 0 saturated heterocycles. The number of fused-ring (bicyclic) bond motifs is 1. The maximum atomic E-state index is 5.56. The molecule has 0 spiro atoms. The van der Waals surface area contributed by atoms with Crippen LogP contribution in [-0.4, -0.2) is 55.4 Å². The summed E-state index contributed by atoms with van der Waals surface area (Å²) >= 11 is 5.56. The summed E-state index contributed by atoms with van der Waals surface area (Å²) < 4.78 is 0. The first-order valence-corrected chi connectivity index (χ1v) is 12.5. The van der Waals surface area contributed by atoms with Gasteiger partial charge in [0, 0.05) is 57.2 Å². The molecule has 178 valence electrons. The minimum absolute atomic E-state index is 0.394. The summed E-state index contributed by atoms with van der Waals surface area (Å²) in [6.07, 6.45) is 8.92. The first-order chi connectivity index (χ1) is 15.9. The Morgan fingerprint density at radius 1 is 0.879 bits per heavy atom. The highest BCUT2D eigenvalue weighted by Gasteiger charge is 2.24. The van der Waals surface area contributed by atoms with Crippen molar-refractivity contribution in [2.45, 2.75) is 63.5 Å². The standard InChI is InChI=1S/C25H37N7S/c1-31(2)20-15-13-19(14-16-20)28-25(33)27-18-11-9-17(10-12-18)26-24-29-22-8-6-5-7-21(22)23(30-24)32(3)4/h13-18H,5-12H2,1-4H3,(H,26,29,30)(H2,27,28,33)/t17-,18+. The average molecular weight is 468 g/mol. The van der Waals surface area contributed by atoms with Crippen LogP contribution in [0.5, 0.6) is 0 Å². The number of hydrogen-bond acceptors (Lipinski definition) is 6. The summed E-state index contributed by atoms with van der Waals surface area (Å²) in [4.78, 5) is 14.0. The number of benzene rings is 1. The summed E-state index contributed by atoms with van der Waals surface area (Å²) in [5.74, 6) is 1.86. The van der Waals surface area contributed by atoms with Crippen molar-refractivity contribution in [3.05, 3.63) is 35.5 Å². The second-order valence-electron chi connectivity index (χ2n) is 9.63. The Bertz CT molecular complexity index is 950. The topological polar surface area (TPSA) is 68.3 Å². The molecule has 1 fully saturated rings. The van der Waals surface area contributed by atoms with E-state index in [0.29, 0.717) is 17.2 Å². The molecule has 4 rings (SSSR count). The van der Waals surface area contributed by atoms with E-state index in [-0.39, 0.29) is 0 Å². The molecule has 2 aliphatic rings. The van der Waals surface area contributed by atoms with Crippen molar-refractivity contribution >= 4 is 40.5 Å². The Morgan fingerprint density at radius 3 is 2.21 bits per heavy atom. The third-order valence-electron chi connectivity index (χ3n) is 6.62. The number of nitrogens with one attached hydrogen (secondary N) is 3. The maximum absolute atomic E-state index is 5.56. The number of rotatable bonds is 6. The molecule has 33 heavy (non-hydrogen) atoms. The number of aromatic nitrogens is 2. The molecule has 7 nitrogen and oxygen atoms in total. The number of hydrogen-bond donors (Lipinski definition) is 3. The predicted octanol–water partition coefficient (Wildman–Crippen LogP) is 4.20.